The summed E-state index contributed by atoms with van der Waals surface area (Å²) in [6, 6.07) is 0. The number of allylic oxidation sites excluding steroid dienone is 1. The van der Waals surface area contributed by atoms with Gasteiger partial charge >= 0.3 is 0 Å². The summed E-state index contributed by atoms with van der Waals surface area (Å²) in [5.74, 6) is 1.60. The monoisotopic (exact) mass is 318 g/mol. The summed E-state index contributed by atoms with van der Waals surface area (Å²) in [5, 5.41) is 21.6. The minimum atomic E-state index is -0.358. The van der Waals surface area contributed by atoms with Gasteiger partial charge in [0.2, 0.25) is 0 Å². The molecule has 4 aliphatic rings. The highest BCUT2D eigenvalue weighted by atomic mass is 16.3. The fourth-order valence-electron chi connectivity index (χ4n) is 7.00. The predicted octanol–water partition coefficient (Wildman–Crippen LogP) is 3.10. The number of fused-ring (bicyclic) bond motifs is 5. The van der Waals surface area contributed by atoms with Gasteiger partial charge in [-0.2, -0.15) is 0 Å². The van der Waals surface area contributed by atoms with E-state index in [0.717, 1.165) is 32.1 Å². The molecule has 0 spiro atoms. The average Bonchev–Trinajstić information content (AvgIpc) is 2.76. The van der Waals surface area contributed by atoms with Crippen LogP contribution in [0.2, 0.25) is 0 Å². The third-order valence-electron chi connectivity index (χ3n) is 8.15. The molecule has 0 unspecified atom stereocenters. The van der Waals surface area contributed by atoms with Gasteiger partial charge in [-0.3, -0.25) is 4.79 Å². The van der Waals surface area contributed by atoms with Crippen molar-refractivity contribution < 1.29 is 15.0 Å². The predicted molar refractivity (Wildman–Crippen MR) is 88.7 cm³/mol. The minimum absolute atomic E-state index is 0.0372. The number of hydrogen-bond acceptors (Lipinski definition) is 3. The van der Waals surface area contributed by atoms with Gasteiger partial charge in [0.25, 0.3) is 0 Å². The molecule has 0 aromatic heterocycles. The van der Waals surface area contributed by atoms with E-state index in [2.05, 4.69) is 13.8 Å². The van der Waals surface area contributed by atoms with Crippen LogP contribution in [0.25, 0.3) is 0 Å². The Morgan fingerprint density at radius 1 is 1.13 bits per heavy atom. The third-order valence-corrected chi connectivity index (χ3v) is 8.15. The Balaban J connectivity index is 1.75. The van der Waals surface area contributed by atoms with Crippen molar-refractivity contribution in [2.45, 2.75) is 71.5 Å². The Hall–Kier alpha value is -0.670. The SMILES string of the molecule is C[C@@H]1C[C@@]2(C)C(=CC1=O)CC[C@@H]1[C@@H]2[C@@H](O)C[C@]2(C)[C@@H](O)CC[C@@H]12. The average molecular weight is 318 g/mol. The van der Waals surface area contributed by atoms with Crippen molar-refractivity contribution in [1.29, 1.82) is 0 Å². The maximum absolute atomic E-state index is 12.1. The lowest BCUT2D eigenvalue weighted by Crippen LogP contribution is -2.57. The first kappa shape index (κ1) is 15.8. The minimum Gasteiger partial charge on any atom is -0.393 e. The van der Waals surface area contributed by atoms with Crippen LogP contribution in [-0.2, 0) is 4.79 Å². The van der Waals surface area contributed by atoms with Gasteiger partial charge < -0.3 is 10.2 Å². The van der Waals surface area contributed by atoms with E-state index in [9.17, 15) is 15.0 Å². The molecule has 3 nitrogen and oxygen atoms in total. The number of aliphatic hydroxyl groups is 2. The molecule has 2 N–H and O–H groups in total. The smallest absolute Gasteiger partial charge is 0.158 e. The van der Waals surface area contributed by atoms with Crippen LogP contribution in [0.4, 0.5) is 0 Å². The highest BCUT2D eigenvalue weighted by Gasteiger charge is 2.62. The topological polar surface area (TPSA) is 57.5 Å². The summed E-state index contributed by atoms with van der Waals surface area (Å²) in [5.41, 5.74) is 1.13. The number of ketones is 1. The number of carbonyl (C=O) groups excluding carboxylic acids is 1. The zero-order valence-electron chi connectivity index (χ0n) is 14.6. The number of hydrogen-bond donors (Lipinski definition) is 2. The van der Waals surface area contributed by atoms with Crippen molar-refractivity contribution in [2.75, 3.05) is 0 Å². The van der Waals surface area contributed by atoms with Gasteiger partial charge in [0.05, 0.1) is 12.2 Å². The first-order valence-corrected chi connectivity index (χ1v) is 9.38. The Labute approximate surface area is 139 Å². The molecule has 0 aromatic rings. The molecule has 3 fully saturated rings. The van der Waals surface area contributed by atoms with Crippen LogP contribution >= 0.6 is 0 Å². The summed E-state index contributed by atoms with van der Waals surface area (Å²) >= 11 is 0. The van der Waals surface area contributed by atoms with Crippen LogP contribution in [0.3, 0.4) is 0 Å². The lowest BCUT2D eigenvalue weighted by Gasteiger charge is -2.59. The number of aliphatic hydroxyl groups excluding tert-OH is 2. The largest absolute Gasteiger partial charge is 0.393 e. The van der Waals surface area contributed by atoms with Crippen LogP contribution < -0.4 is 0 Å². The summed E-state index contributed by atoms with van der Waals surface area (Å²) in [6.07, 6.45) is 6.90. The van der Waals surface area contributed by atoms with Gasteiger partial charge in [-0.15, -0.1) is 0 Å². The van der Waals surface area contributed by atoms with Crippen molar-refractivity contribution in [2.24, 2.45) is 34.5 Å². The van der Waals surface area contributed by atoms with E-state index >= 15 is 0 Å². The summed E-state index contributed by atoms with van der Waals surface area (Å²) in [7, 11) is 0. The van der Waals surface area contributed by atoms with E-state index in [1.54, 1.807) is 0 Å². The quantitative estimate of drug-likeness (QED) is 0.721. The van der Waals surface area contributed by atoms with Crippen molar-refractivity contribution in [3.63, 3.8) is 0 Å². The number of rotatable bonds is 0. The molecule has 8 atom stereocenters. The molecule has 3 heteroatoms. The molecule has 0 amide bonds. The molecule has 0 bridgehead atoms. The van der Waals surface area contributed by atoms with E-state index in [0.29, 0.717) is 18.3 Å². The molecule has 128 valence electrons. The lowest BCUT2D eigenvalue weighted by molar-refractivity contribution is -0.145. The molecule has 4 aliphatic carbocycles. The normalized spacial score (nSPS) is 55.7. The van der Waals surface area contributed by atoms with E-state index < -0.39 is 0 Å². The summed E-state index contributed by atoms with van der Waals surface area (Å²) in [6.45, 7) is 6.51. The van der Waals surface area contributed by atoms with E-state index in [1.807, 2.05) is 13.0 Å². The zero-order valence-corrected chi connectivity index (χ0v) is 14.6. The fourth-order valence-corrected chi connectivity index (χ4v) is 7.00. The molecule has 4 rings (SSSR count). The first-order valence-electron chi connectivity index (χ1n) is 9.38. The van der Waals surface area contributed by atoms with E-state index in [1.165, 1.54) is 5.57 Å². The number of carbonyl (C=O) groups is 1. The van der Waals surface area contributed by atoms with Gasteiger partial charge in [-0.05, 0) is 73.2 Å². The third kappa shape index (κ3) is 1.99. The second-order valence-electron chi connectivity index (χ2n) is 9.30. The zero-order chi connectivity index (χ0) is 16.6. The van der Waals surface area contributed by atoms with Gasteiger partial charge in [0, 0.05) is 5.92 Å². The molecule has 0 aromatic carbocycles. The molecule has 0 saturated heterocycles. The van der Waals surface area contributed by atoms with Crippen molar-refractivity contribution >= 4 is 5.78 Å². The van der Waals surface area contributed by atoms with Crippen molar-refractivity contribution in [3.8, 4) is 0 Å². The standard InChI is InChI=1S/C20H30O3/c1-11-9-19(2)12(8-15(11)21)4-5-13-14-6-7-17(23)20(14,3)10-16(22)18(13)19/h8,11,13-14,16-18,22-23H,4-7,9-10H2,1-3H3/t11-,13+,14+,16+,17+,18-,19+,20+/m1/s1. The second-order valence-corrected chi connectivity index (χ2v) is 9.30. The first-order chi connectivity index (χ1) is 10.8. The molecule has 0 aliphatic heterocycles. The van der Waals surface area contributed by atoms with Crippen LogP contribution in [0, 0.1) is 34.5 Å². The van der Waals surface area contributed by atoms with Crippen LogP contribution in [-0.4, -0.2) is 28.2 Å². The van der Waals surface area contributed by atoms with Gasteiger partial charge in [0.1, 0.15) is 0 Å². The van der Waals surface area contributed by atoms with Crippen LogP contribution in [0.5, 0.6) is 0 Å². The van der Waals surface area contributed by atoms with E-state index in [4.69, 9.17) is 0 Å². The van der Waals surface area contributed by atoms with Crippen molar-refractivity contribution in [1.82, 2.24) is 0 Å². The van der Waals surface area contributed by atoms with Crippen LogP contribution in [0.15, 0.2) is 11.6 Å². The Morgan fingerprint density at radius 2 is 1.87 bits per heavy atom. The molecular weight excluding hydrogens is 288 g/mol. The Kier molecular flexibility index (Phi) is 3.39. The molecule has 0 heterocycles. The van der Waals surface area contributed by atoms with Crippen molar-refractivity contribution in [3.05, 3.63) is 11.6 Å². The molecular formula is C20H30O3. The van der Waals surface area contributed by atoms with Crippen LogP contribution in [0.1, 0.15) is 59.3 Å². The Morgan fingerprint density at radius 3 is 2.61 bits per heavy atom. The Bertz CT molecular complexity index is 567. The second kappa shape index (κ2) is 4.92. The summed E-state index contributed by atoms with van der Waals surface area (Å²) < 4.78 is 0. The maximum Gasteiger partial charge on any atom is 0.158 e. The summed E-state index contributed by atoms with van der Waals surface area (Å²) in [4.78, 5) is 12.1. The van der Waals surface area contributed by atoms with E-state index in [-0.39, 0.29) is 40.7 Å². The highest BCUT2D eigenvalue weighted by Crippen LogP contribution is 2.65. The molecule has 0 radical (unpaired) electrons. The van der Waals surface area contributed by atoms with Gasteiger partial charge in [-0.25, -0.2) is 0 Å². The van der Waals surface area contributed by atoms with Gasteiger partial charge in [-0.1, -0.05) is 26.3 Å². The lowest BCUT2D eigenvalue weighted by atomic mass is 9.46. The van der Waals surface area contributed by atoms with Gasteiger partial charge in [0.15, 0.2) is 5.78 Å². The highest BCUT2D eigenvalue weighted by molar-refractivity contribution is 5.93. The fraction of sp³-hybridized carbons (Fsp3) is 0.850. The molecule has 23 heavy (non-hydrogen) atoms. The maximum atomic E-state index is 12.1. The molecule has 3 saturated carbocycles.